The number of unbranched alkanes of at least 4 members (excludes halogenated alkanes) is 4. The predicted molar refractivity (Wildman–Crippen MR) is 290 cm³/mol. The average Bonchev–Trinajstić information content (AvgIpc) is 3.98. The Bertz CT molecular complexity index is 2210. The van der Waals surface area contributed by atoms with Crippen molar-refractivity contribution in [3.8, 4) is 0 Å². The number of ether oxygens (including phenoxy) is 2. The first kappa shape index (κ1) is 55.7. The number of piperazine rings is 2. The lowest BCUT2D eigenvalue weighted by Gasteiger charge is -2.42. The Labute approximate surface area is 431 Å². The highest BCUT2D eigenvalue weighted by Gasteiger charge is 2.29. The van der Waals surface area contributed by atoms with Crippen LogP contribution in [-0.2, 0) is 45.4 Å². The second-order valence-electron chi connectivity index (χ2n) is 21.9. The molecule has 16 heteroatoms. The van der Waals surface area contributed by atoms with Crippen LogP contribution in [0.1, 0.15) is 113 Å². The number of hydrogen-bond donors (Lipinski definition) is 2. The number of carbonyl (C=O) groups excluding carboxylic acids is 2. The van der Waals surface area contributed by atoms with Gasteiger partial charge in [0.1, 0.15) is 0 Å². The molecule has 16 nitrogen and oxygen atoms in total. The van der Waals surface area contributed by atoms with Gasteiger partial charge in [0.15, 0.2) is 13.5 Å². The molecule has 2 aromatic heterocycles. The maximum atomic E-state index is 12.0. The molecule has 8 rings (SSSR count). The van der Waals surface area contributed by atoms with Crippen molar-refractivity contribution in [2.24, 2.45) is 11.5 Å². The Morgan fingerprint density at radius 3 is 1.60 bits per heavy atom. The zero-order chi connectivity index (χ0) is 51.0. The molecule has 2 aromatic carbocycles. The van der Waals surface area contributed by atoms with Crippen molar-refractivity contribution in [2.75, 3.05) is 106 Å². The van der Waals surface area contributed by atoms with Crippen LogP contribution >= 0.6 is 0 Å². The van der Waals surface area contributed by atoms with Gasteiger partial charge in [0.05, 0.1) is 17.2 Å². The summed E-state index contributed by atoms with van der Waals surface area (Å²) in [6.45, 7) is 24.6. The number of carbonyl (C=O) groups is 2. The van der Waals surface area contributed by atoms with Crippen molar-refractivity contribution in [2.45, 2.75) is 155 Å². The normalized spacial score (nSPS) is 19.7. The Morgan fingerprint density at radius 2 is 1.10 bits per heavy atom. The number of fused-ring (bicyclic) bond motifs is 2. The van der Waals surface area contributed by atoms with Gasteiger partial charge in [0.25, 0.3) is 0 Å². The largest absolute Gasteiger partial charge is 0.442 e. The maximum Gasteiger partial charge on any atom is 0.307 e. The Balaban J connectivity index is 0.000000211. The lowest BCUT2D eigenvalue weighted by molar-refractivity contribution is -0.148. The molecule has 0 radical (unpaired) electrons. The summed E-state index contributed by atoms with van der Waals surface area (Å²) in [5, 5.41) is 11.3. The number of piperidine rings is 2. The van der Waals surface area contributed by atoms with E-state index in [0.29, 0.717) is 12.8 Å². The van der Waals surface area contributed by atoms with E-state index >= 15 is 0 Å². The van der Waals surface area contributed by atoms with Crippen LogP contribution in [0.2, 0.25) is 0 Å². The molecule has 4 N–H and O–H groups in total. The summed E-state index contributed by atoms with van der Waals surface area (Å²) in [6, 6.07) is 10.5. The summed E-state index contributed by atoms with van der Waals surface area (Å²) in [7, 11) is 4.46. The van der Waals surface area contributed by atoms with Gasteiger partial charge in [-0.3, -0.25) is 29.2 Å². The van der Waals surface area contributed by atoms with E-state index < -0.39 is 0 Å². The molecule has 0 bridgehead atoms. The van der Waals surface area contributed by atoms with Gasteiger partial charge >= 0.3 is 11.9 Å². The van der Waals surface area contributed by atoms with Crippen LogP contribution in [0.25, 0.3) is 21.8 Å². The molecule has 4 aromatic rings. The van der Waals surface area contributed by atoms with E-state index in [1.165, 1.54) is 63.0 Å². The van der Waals surface area contributed by atoms with Crippen molar-refractivity contribution in [1.82, 2.24) is 49.0 Å². The first-order chi connectivity index (χ1) is 34.8. The molecule has 72 heavy (non-hydrogen) atoms. The second kappa shape index (κ2) is 28.1. The molecule has 0 amide bonds. The predicted octanol–water partition coefficient (Wildman–Crippen LogP) is 6.01. The molecule has 0 unspecified atom stereocenters. The van der Waals surface area contributed by atoms with Gasteiger partial charge in [-0.2, -0.15) is 10.2 Å². The number of nitrogens with two attached hydrogens (primary N) is 2. The zero-order valence-corrected chi connectivity index (χ0v) is 45.2. The Morgan fingerprint density at radius 1 is 0.625 bits per heavy atom. The minimum Gasteiger partial charge on any atom is -0.442 e. The fourth-order valence-electron chi connectivity index (χ4n) is 11.6. The van der Waals surface area contributed by atoms with Crippen molar-refractivity contribution in [3.05, 3.63) is 58.9 Å². The monoisotopic (exact) mass is 997 g/mol. The molecular formula is C56H92N12O4. The van der Waals surface area contributed by atoms with Crippen molar-refractivity contribution in [3.63, 3.8) is 0 Å². The van der Waals surface area contributed by atoms with Crippen LogP contribution in [-0.4, -0.2) is 191 Å². The molecule has 0 aliphatic carbocycles. The van der Waals surface area contributed by atoms with Crippen LogP contribution in [0.15, 0.2) is 36.7 Å². The molecule has 4 aliphatic rings. The lowest BCUT2D eigenvalue weighted by atomic mass is 10.0. The van der Waals surface area contributed by atoms with Gasteiger partial charge < -0.3 is 30.7 Å². The van der Waals surface area contributed by atoms with Crippen LogP contribution in [0.3, 0.4) is 0 Å². The van der Waals surface area contributed by atoms with Gasteiger partial charge in [0, 0.05) is 119 Å². The summed E-state index contributed by atoms with van der Waals surface area (Å²) < 4.78 is 14.4. The van der Waals surface area contributed by atoms with E-state index in [4.69, 9.17) is 20.9 Å². The summed E-state index contributed by atoms with van der Waals surface area (Å²) in [5.74, 6) is -0.307. The number of esters is 2. The van der Waals surface area contributed by atoms with Crippen LogP contribution < -0.4 is 11.5 Å². The highest BCUT2D eigenvalue weighted by Crippen LogP contribution is 2.24. The van der Waals surface area contributed by atoms with Crippen molar-refractivity contribution < 1.29 is 19.1 Å². The highest BCUT2D eigenvalue weighted by molar-refractivity contribution is 5.83. The van der Waals surface area contributed by atoms with E-state index in [-0.39, 0.29) is 37.5 Å². The molecule has 4 aliphatic heterocycles. The third kappa shape index (κ3) is 16.8. The third-order valence-corrected chi connectivity index (χ3v) is 15.8. The summed E-state index contributed by atoms with van der Waals surface area (Å²) >= 11 is 0. The fraction of sp³-hybridized carbons (Fsp3) is 0.714. The first-order valence-corrected chi connectivity index (χ1v) is 27.9. The van der Waals surface area contributed by atoms with Gasteiger partial charge in [0.2, 0.25) is 0 Å². The molecule has 400 valence electrons. The van der Waals surface area contributed by atoms with Gasteiger partial charge in [-0.25, -0.2) is 9.36 Å². The Kier molecular flexibility index (Phi) is 21.7. The summed E-state index contributed by atoms with van der Waals surface area (Å²) in [6.07, 6.45) is 17.8. The minimum atomic E-state index is -0.154. The number of aryl methyl sites for hydroxylation is 2. The summed E-state index contributed by atoms with van der Waals surface area (Å²) in [4.78, 5) is 39.3. The summed E-state index contributed by atoms with van der Waals surface area (Å²) in [5.41, 5.74) is 20.0. The van der Waals surface area contributed by atoms with Gasteiger partial charge in [-0.05, 0) is 140 Å². The van der Waals surface area contributed by atoms with Crippen LogP contribution in [0.4, 0.5) is 0 Å². The van der Waals surface area contributed by atoms with Gasteiger partial charge in [-0.15, -0.1) is 0 Å². The van der Waals surface area contributed by atoms with Crippen molar-refractivity contribution in [1.29, 1.82) is 0 Å². The number of nitrogens with zero attached hydrogens (tertiary/aromatic N) is 10. The first-order valence-electron chi connectivity index (χ1n) is 27.9. The number of benzene rings is 2. The van der Waals surface area contributed by atoms with E-state index in [2.05, 4.69) is 106 Å². The third-order valence-electron chi connectivity index (χ3n) is 15.8. The average molecular weight is 997 g/mol. The quantitative estimate of drug-likeness (QED) is 0.0696. The minimum absolute atomic E-state index is 0.107. The molecule has 0 spiro atoms. The maximum absolute atomic E-state index is 12.0. The van der Waals surface area contributed by atoms with Crippen LogP contribution in [0.5, 0.6) is 0 Å². The Hall–Kier alpha value is -4.00. The van der Waals surface area contributed by atoms with Crippen LogP contribution in [0, 0.1) is 13.8 Å². The van der Waals surface area contributed by atoms with E-state index in [1.54, 1.807) is 9.36 Å². The lowest BCUT2D eigenvalue weighted by Crippen LogP contribution is -2.54. The molecule has 6 heterocycles. The standard InChI is InChI=1S/2C28H46N6O2/c1-4-5-6-7-27(35)36-21-34-19-24-17-23(16-22(2)28(24)30-34)18-25(29)20-32-12-14-33(15-13-32)26-8-10-31(3)11-9-26;1-4-5-6-7-27(35)36-21-34-28-22(2)16-23(17-24(28)19-30-34)18-25(29)20-32-12-14-33(15-13-32)26-8-10-31(3)11-9-26/h2*16-17,19,25-26H,4-15,18,20-21,29H2,1-3H3/t2*25-/m11/s1. The zero-order valence-electron chi connectivity index (χ0n) is 45.2. The highest BCUT2D eigenvalue weighted by atomic mass is 16.5. The molecule has 4 saturated heterocycles. The smallest absolute Gasteiger partial charge is 0.307 e. The number of hydrogen-bond acceptors (Lipinski definition) is 14. The van der Waals surface area contributed by atoms with Crippen molar-refractivity contribution >= 4 is 33.7 Å². The number of aromatic nitrogens is 4. The second-order valence-corrected chi connectivity index (χ2v) is 21.9. The molecular weight excluding hydrogens is 905 g/mol. The fourth-order valence-corrected chi connectivity index (χ4v) is 11.6. The molecule has 2 atom stereocenters. The molecule has 0 saturated carbocycles. The molecule has 4 fully saturated rings. The van der Waals surface area contributed by atoms with E-state index in [9.17, 15) is 9.59 Å². The van der Waals surface area contributed by atoms with E-state index in [1.807, 2.05) is 12.4 Å². The SMILES string of the molecule is CCCCCC(=O)OCn1cc2cc(C[C@@H](N)CN3CCN(C4CCN(C)CC4)CC3)cc(C)c2n1.CCCCCC(=O)OCn1ncc2cc(C[C@@H](N)CN3CCN(C4CCN(C)CC4)CC3)cc(C)c21. The number of likely N-dealkylation sites (tertiary alicyclic amines) is 2. The van der Waals surface area contributed by atoms with Gasteiger partial charge in [-0.1, -0.05) is 51.7 Å². The topological polar surface area (TPSA) is 160 Å². The van der Waals surface area contributed by atoms with E-state index in [0.717, 1.165) is 162 Å². The number of rotatable bonds is 22.